The molecule has 0 bridgehead atoms. The molecule has 0 radical (unpaired) electrons. The molecule has 2 rings (SSSR count). The lowest BCUT2D eigenvalue weighted by Gasteiger charge is -2.11. The zero-order valence-electron chi connectivity index (χ0n) is 14.1. The molecule has 0 saturated carbocycles. The maximum absolute atomic E-state index is 12.8. The van der Waals surface area contributed by atoms with E-state index in [2.05, 4.69) is 34.7 Å². The number of guanidine groups is 1. The Morgan fingerprint density at radius 1 is 1.12 bits per heavy atom. The van der Waals surface area contributed by atoms with Crippen molar-refractivity contribution in [3.05, 3.63) is 52.0 Å². The van der Waals surface area contributed by atoms with E-state index in [0.717, 1.165) is 31.9 Å². The molecule has 0 spiro atoms. The largest absolute Gasteiger partial charge is 0.494 e. The highest BCUT2D eigenvalue weighted by Crippen LogP contribution is 2.14. The van der Waals surface area contributed by atoms with Gasteiger partial charge in [-0.05, 0) is 56.2 Å². The van der Waals surface area contributed by atoms with Crippen LogP contribution in [0.1, 0.15) is 22.6 Å². The third-order valence-corrected chi connectivity index (χ3v) is 4.40. The minimum absolute atomic E-state index is 0.247. The summed E-state index contributed by atoms with van der Waals surface area (Å²) in [5.74, 6) is 1.26. The van der Waals surface area contributed by atoms with Gasteiger partial charge in [0, 0.05) is 23.3 Å². The molecule has 6 heteroatoms. The monoisotopic (exact) mass is 349 g/mol. The van der Waals surface area contributed by atoms with Crippen LogP contribution in [0.3, 0.4) is 0 Å². The van der Waals surface area contributed by atoms with Crippen molar-refractivity contribution in [3.63, 3.8) is 0 Å². The molecule has 0 aliphatic heterocycles. The van der Waals surface area contributed by atoms with Crippen molar-refractivity contribution in [3.8, 4) is 5.75 Å². The van der Waals surface area contributed by atoms with Crippen molar-refractivity contribution >= 4 is 17.3 Å². The fourth-order valence-corrected chi connectivity index (χ4v) is 2.96. The quantitative estimate of drug-likeness (QED) is 0.434. The molecule has 0 saturated heterocycles. The molecule has 24 heavy (non-hydrogen) atoms. The number of benzene rings is 1. The molecule has 2 N–H and O–H groups in total. The lowest BCUT2D eigenvalue weighted by Crippen LogP contribution is -2.37. The van der Waals surface area contributed by atoms with Crippen molar-refractivity contribution < 1.29 is 9.13 Å². The van der Waals surface area contributed by atoms with E-state index in [4.69, 9.17) is 4.74 Å². The van der Waals surface area contributed by atoms with Crippen molar-refractivity contribution in [1.82, 2.24) is 10.6 Å². The SMILES string of the molecule is CN=C(NCCCCOc1ccc(F)cc1)NCc1ccc(C)s1. The fourth-order valence-electron chi connectivity index (χ4n) is 2.13. The van der Waals surface area contributed by atoms with Crippen LogP contribution >= 0.6 is 11.3 Å². The van der Waals surface area contributed by atoms with E-state index in [0.29, 0.717) is 12.4 Å². The topological polar surface area (TPSA) is 45.7 Å². The highest BCUT2D eigenvalue weighted by molar-refractivity contribution is 7.11. The number of nitrogens with zero attached hydrogens (tertiary/aromatic N) is 1. The van der Waals surface area contributed by atoms with Crippen LogP contribution in [-0.2, 0) is 6.54 Å². The third kappa shape index (κ3) is 6.58. The molecule has 0 amide bonds. The number of hydrogen-bond acceptors (Lipinski definition) is 3. The molecular formula is C18H24FN3OS. The lowest BCUT2D eigenvalue weighted by molar-refractivity contribution is 0.306. The average Bonchev–Trinajstić information content (AvgIpc) is 3.00. The van der Waals surface area contributed by atoms with Crippen LogP contribution in [0.5, 0.6) is 5.75 Å². The van der Waals surface area contributed by atoms with E-state index in [1.165, 1.54) is 21.9 Å². The van der Waals surface area contributed by atoms with E-state index in [9.17, 15) is 4.39 Å². The molecule has 130 valence electrons. The second-order valence-corrected chi connectivity index (χ2v) is 6.75. The number of nitrogens with one attached hydrogen (secondary N) is 2. The van der Waals surface area contributed by atoms with Crippen molar-refractivity contribution in [2.45, 2.75) is 26.3 Å². The van der Waals surface area contributed by atoms with Crippen LogP contribution in [0.25, 0.3) is 0 Å². The van der Waals surface area contributed by atoms with Gasteiger partial charge in [0.1, 0.15) is 11.6 Å². The average molecular weight is 349 g/mol. The van der Waals surface area contributed by atoms with Gasteiger partial charge >= 0.3 is 0 Å². The summed E-state index contributed by atoms with van der Waals surface area (Å²) in [6.45, 7) is 4.34. The predicted molar refractivity (Wildman–Crippen MR) is 98.4 cm³/mol. The van der Waals surface area contributed by atoms with Gasteiger partial charge in [-0.15, -0.1) is 11.3 Å². The molecular weight excluding hydrogens is 325 g/mol. The van der Waals surface area contributed by atoms with Gasteiger partial charge in [-0.1, -0.05) is 0 Å². The molecule has 0 aliphatic rings. The normalized spacial score (nSPS) is 11.4. The Morgan fingerprint density at radius 3 is 2.58 bits per heavy atom. The van der Waals surface area contributed by atoms with Gasteiger partial charge < -0.3 is 15.4 Å². The molecule has 4 nitrogen and oxygen atoms in total. The first-order valence-electron chi connectivity index (χ1n) is 8.05. The van der Waals surface area contributed by atoms with Crippen molar-refractivity contribution in [2.24, 2.45) is 4.99 Å². The summed E-state index contributed by atoms with van der Waals surface area (Å²) in [4.78, 5) is 6.83. The standard InChI is InChI=1S/C18H24FN3OS/c1-14-5-10-17(24-14)13-22-18(20-2)21-11-3-4-12-23-16-8-6-15(19)7-9-16/h5-10H,3-4,11-13H2,1-2H3,(H2,20,21,22). The maximum Gasteiger partial charge on any atom is 0.191 e. The van der Waals surface area contributed by atoms with Crippen LogP contribution in [-0.4, -0.2) is 26.2 Å². The van der Waals surface area contributed by atoms with Crippen LogP contribution in [0.4, 0.5) is 4.39 Å². The van der Waals surface area contributed by atoms with Crippen LogP contribution in [0.15, 0.2) is 41.4 Å². The fraction of sp³-hybridized carbons (Fsp3) is 0.389. The second-order valence-electron chi connectivity index (χ2n) is 5.37. The number of thiophene rings is 1. The van der Waals surface area contributed by atoms with Gasteiger partial charge in [-0.25, -0.2) is 4.39 Å². The Labute approximate surface area is 146 Å². The van der Waals surface area contributed by atoms with Crippen molar-refractivity contribution in [2.75, 3.05) is 20.2 Å². The molecule has 0 fully saturated rings. The zero-order chi connectivity index (χ0) is 17.2. The number of hydrogen-bond donors (Lipinski definition) is 2. The highest BCUT2D eigenvalue weighted by atomic mass is 32.1. The second kappa shape index (κ2) is 9.93. The number of ether oxygens (including phenoxy) is 1. The molecule has 0 aliphatic carbocycles. The molecule has 1 aromatic heterocycles. The lowest BCUT2D eigenvalue weighted by atomic mass is 10.3. The van der Waals surface area contributed by atoms with Gasteiger partial charge in [0.05, 0.1) is 13.2 Å². The van der Waals surface area contributed by atoms with E-state index in [1.54, 1.807) is 30.5 Å². The van der Waals surface area contributed by atoms with Gasteiger partial charge in [0.2, 0.25) is 0 Å². The number of halogens is 1. The minimum atomic E-state index is -0.247. The summed E-state index contributed by atoms with van der Waals surface area (Å²) in [5.41, 5.74) is 0. The summed E-state index contributed by atoms with van der Waals surface area (Å²) in [6, 6.07) is 10.4. The summed E-state index contributed by atoms with van der Waals surface area (Å²) < 4.78 is 18.3. The van der Waals surface area contributed by atoms with E-state index in [-0.39, 0.29) is 5.82 Å². The number of unbranched alkanes of at least 4 members (excludes halogenated alkanes) is 1. The Bertz CT molecular complexity index is 640. The maximum atomic E-state index is 12.8. The first-order chi connectivity index (χ1) is 11.7. The van der Waals surface area contributed by atoms with Crippen LogP contribution in [0.2, 0.25) is 0 Å². The smallest absolute Gasteiger partial charge is 0.191 e. The van der Waals surface area contributed by atoms with Crippen LogP contribution in [0, 0.1) is 12.7 Å². The highest BCUT2D eigenvalue weighted by Gasteiger charge is 2.00. The molecule has 0 atom stereocenters. The van der Waals surface area contributed by atoms with Gasteiger partial charge in [-0.2, -0.15) is 0 Å². The predicted octanol–water partition coefficient (Wildman–Crippen LogP) is 3.72. The third-order valence-electron chi connectivity index (χ3n) is 3.40. The van der Waals surface area contributed by atoms with Crippen molar-refractivity contribution in [1.29, 1.82) is 0 Å². The Hall–Kier alpha value is -2.08. The van der Waals surface area contributed by atoms with E-state index < -0.39 is 0 Å². The first kappa shape index (κ1) is 18.3. The minimum Gasteiger partial charge on any atom is -0.494 e. The number of rotatable bonds is 8. The van der Waals surface area contributed by atoms with E-state index >= 15 is 0 Å². The van der Waals surface area contributed by atoms with Gasteiger partial charge in [-0.3, -0.25) is 4.99 Å². The molecule has 1 aromatic carbocycles. The number of aliphatic imine (C=N–C) groups is 1. The number of aryl methyl sites for hydroxylation is 1. The summed E-state index contributed by atoms with van der Waals surface area (Å²) in [5, 5.41) is 6.59. The molecule has 1 heterocycles. The summed E-state index contributed by atoms with van der Waals surface area (Å²) in [6.07, 6.45) is 1.89. The summed E-state index contributed by atoms with van der Waals surface area (Å²) in [7, 11) is 1.77. The zero-order valence-corrected chi connectivity index (χ0v) is 15.0. The van der Waals surface area contributed by atoms with Crippen LogP contribution < -0.4 is 15.4 Å². The molecule has 0 unspecified atom stereocenters. The Balaban J connectivity index is 1.56. The Morgan fingerprint density at radius 2 is 1.92 bits per heavy atom. The van der Waals surface area contributed by atoms with Gasteiger partial charge in [0.15, 0.2) is 5.96 Å². The van der Waals surface area contributed by atoms with E-state index in [1.807, 2.05) is 0 Å². The molecule has 2 aromatic rings. The Kier molecular flexibility index (Phi) is 7.55. The first-order valence-corrected chi connectivity index (χ1v) is 8.87. The summed E-state index contributed by atoms with van der Waals surface area (Å²) >= 11 is 1.79. The van der Waals surface area contributed by atoms with Gasteiger partial charge in [0.25, 0.3) is 0 Å².